The van der Waals surface area contributed by atoms with E-state index in [2.05, 4.69) is 15.2 Å². The Morgan fingerprint density at radius 3 is 2.44 bits per heavy atom. The van der Waals surface area contributed by atoms with Gasteiger partial charge in [0.05, 0.1) is 5.56 Å². The maximum absolute atomic E-state index is 12.4. The average Bonchev–Trinajstić information content (AvgIpc) is 2.85. The number of anilines is 1. The van der Waals surface area contributed by atoms with Gasteiger partial charge in [-0.1, -0.05) is 19.3 Å². The zero-order chi connectivity index (χ0) is 16.1. The van der Waals surface area contributed by atoms with Crippen molar-refractivity contribution >= 4 is 36.5 Å². The van der Waals surface area contributed by atoms with Crippen molar-refractivity contribution in [3.05, 3.63) is 23.9 Å². The van der Waals surface area contributed by atoms with Crippen LogP contribution in [0.4, 0.5) is 5.82 Å². The third-order valence-corrected chi connectivity index (χ3v) is 5.22. The molecule has 142 valence electrons. The van der Waals surface area contributed by atoms with Crippen LogP contribution in [0.25, 0.3) is 0 Å². The maximum Gasteiger partial charge on any atom is 0.253 e. The highest BCUT2D eigenvalue weighted by molar-refractivity contribution is 5.94. The first kappa shape index (κ1) is 22.0. The highest BCUT2D eigenvalue weighted by Gasteiger charge is 2.27. The number of carbonyl (C=O) groups is 1. The van der Waals surface area contributed by atoms with Crippen LogP contribution >= 0.6 is 24.8 Å². The van der Waals surface area contributed by atoms with Gasteiger partial charge in [-0.3, -0.25) is 4.79 Å². The Balaban J connectivity index is 0.00000156. The summed E-state index contributed by atoms with van der Waals surface area (Å²) in [7, 11) is 0. The van der Waals surface area contributed by atoms with Gasteiger partial charge in [0.25, 0.3) is 5.91 Å². The lowest BCUT2D eigenvalue weighted by atomic mass is 10.0. The predicted octanol–water partition coefficient (Wildman–Crippen LogP) is 3.16. The lowest BCUT2D eigenvalue weighted by Gasteiger charge is -2.22. The van der Waals surface area contributed by atoms with Gasteiger partial charge >= 0.3 is 0 Å². The number of aromatic nitrogens is 1. The van der Waals surface area contributed by atoms with E-state index in [4.69, 9.17) is 5.73 Å². The molecule has 7 heteroatoms. The van der Waals surface area contributed by atoms with Gasteiger partial charge in [-0.05, 0) is 50.3 Å². The van der Waals surface area contributed by atoms with E-state index in [1.54, 1.807) is 6.20 Å². The van der Waals surface area contributed by atoms with Gasteiger partial charge in [-0.2, -0.15) is 0 Å². The molecule has 2 fully saturated rings. The third-order valence-electron chi connectivity index (χ3n) is 5.22. The number of hydrogen-bond donors (Lipinski definition) is 2. The number of hydrogen-bond acceptors (Lipinski definition) is 4. The topological polar surface area (TPSA) is 71.2 Å². The van der Waals surface area contributed by atoms with Crippen molar-refractivity contribution in [3.63, 3.8) is 0 Å². The van der Waals surface area contributed by atoms with Gasteiger partial charge in [0.1, 0.15) is 5.82 Å². The lowest BCUT2D eigenvalue weighted by Crippen LogP contribution is -2.39. The molecule has 5 nitrogen and oxygen atoms in total. The smallest absolute Gasteiger partial charge is 0.253 e. The van der Waals surface area contributed by atoms with E-state index < -0.39 is 0 Å². The first-order valence-corrected chi connectivity index (χ1v) is 9.00. The zero-order valence-electron chi connectivity index (χ0n) is 14.7. The fourth-order valence-electron chi connectivity index (χ4n) is 3.77. The molecule has 1 saturated carbocycles. The van der Waals surface area contributed by atoms with Crippen LogP contribution in [-0.2, 0) is 0 Å². The van der Waals surface area contributed by atoms with Crippen LogP contribution in [0.5, 0.6) is 0 Å². The van der Waals surface area contributed by atoms with Gasteiger partial charge in [0.2, 0.25) is 0 Å². The molecular weight excluding hydrogens is 359 g/mol. The highest BCUT2D eigenvalue weighted by atomic mass is 35.5. The SMILES string of the molecule is Cl.Cl.NCC1CCCC1NC(=O)c1ccc(N2CCCCCC2)nc1. The van der Waals surface area contributed by atoms with Gasteiger partial charge in [0.15, 0.2) is 0 Å². The number of carbonyl (C=O) groups excluding carboxylic acids is 1. The summed E-state index contributed by atoms with van der Waals surface area (Å²) >= 11 is 0. The normalized spacial score (nSPS) is 23.2. The van der Waals surface area contributed by atoms with E-state index in [0.29, 0.717) is 18.0 Å². The summed E-state index contributed by atoms with van der Waals surface area (Å²) in [5.41, 5.74) is 6.43. The van der Waals surface area contributed by atoms with Crippen LogP contribution in [0.15, 0.2) is 18.3 Å². The molecule has 2 aliphatic rings. The maximum atomic E-state index is 12.4. The summed E-state index contributed by atoms with van der Waals surface area (Å²) in [6.45, 7) is 2.79. The molecule has 0 bridgehead atoms. The second-order valence-electron chi connectivity index (χ2n) is 6.81. The Morgan fingerprint density at radius 2 is 1.84 bits per heavy atom. The standard InChI is InChI=1S/C18H28N4O.2ClH/c19-12-14-6-5-7-16(14)21-18(23)15-8-9-17(20-13-15)22-10-3-1-2-4-11-22;;/h8-9,13-14,16H,1-7,10-12,19H2,(H,21,23);2*1H. The van der Waals surface area contributed by atoms with Crippen molar-refractivity contribution in [2.75, 3.05) is 24.5 Å². The number of rotatable bonds is 4. The number of nitrogens with one attached hydrogen (secondary N) is 1. The van der Waals surface area contributed by atoms with Gasteiger partial charge in [0, 0.05) is 25.3 Å². The highest BCUT2D eigenvalue weighted by Crippen LogP contribution is 2.25. The largest absolute Gasteiger partial charge is 0.357 e. The second-order valence-corrected chi connectivity index (χ2v) is 6.81. The molecule has 1 aliphatic carbocycles. The Hall–Kier alpha value is -1.04. The molecular formula is C18H30Cl2N4O. The van der Waals surface area contributed by atoms with Crippen molar-refractivity contribution < 1.29 is 4.79 Å². The summed E-state index contributed by atoms with van der Waals surface area (Å²) in [5, 5.41) is 3.13. The van der Waals surface area contributed by atoms with Gasteiger partial charge in [-0.15, -0.1) is 24.8 Å². The molecule has 3 rings (SSSR count). The number of pyridine rings is 1. The summed E-state index contributed by atoms with van der Waals surface area (Å²) in [6.07, 6.45) is 10.1. The van der Waals surface area contributed by atoms with Crippen LogP contribution in [0.1, 0.15) is 55.3 Å². The number of nitrogens with two attached hydrogens (primary N) is 1. The molecule has 1 aliphatic heterocycles. The van der Waals surface area contributed by atoms with Crippen molar-refractivity contribution in [1.82, 2.24) is 10.3 Å². The van der Waals surface area contributed by atoms with E-state index in [1.807, 2.05) is 12.1 Å². The van der Waals surface area contributed by atoms with Crippen LogP contribution in [0.2, 0.25) is 0 Å². The molecule has 1 amide bonds. The van der Waals surface area contributed by atoms with E-state index >= 15 is 0 Å². The molecule has 0 radical (unpaired) electrons. The summed E-state index contributed by atoms with van der Waals surface area (Å²) < 4.78 is 0. The molecule has 2 unspecified atom stereocenters. The summed E-state index contributed by atoms with van der Waals surface area (Å²) in [6, 6.07) is 4.10. The van der Waals surface area contributed by atoms with Crippen LogP contribution < -0.4 is 16.0 Å². The van der Waals surface area contributed by atoms with Crippen molar-refractivity contribution in [2.45, 2.75) is 51.0 Å². The van der Waals surface area contributed by atoms with Crippen molar-refractivity contribution in [1.29, 1.82) is 0 Å². The number of nitrogens with zero attached hydrogens (tertiary/aromatic N) is 2. The zero-order valence-corrected chi connectivity index (χ0v) is 16.3. The third kappa shape index (κ3) is 5.73. The minimum atomic E-state index is -0.0229. The predicted molar refractivity (Wildman–Crippen MR) is 107 cm³/mol. The molecule has 1 saturated heterocycles. The van der Waals surface area contributed by atoms with Crippen molar-refractivity contribution in [3.8, 4) is 0 Å². The molecule has 1 aromatic heterocycles. The number of amides is 1. The number of halogens is 2. The molecule has 0 spiro atoms. The first-order chi connectivity index (χ1) is 11.3. The van der Waals surface area contributed by atoms with Crippen LogP contribution in [0, 0.1) is 5.92 Å². The molecule has 2 atom stereocenters. The monoisotopic (exact) mass is 388 g/mol. The quantitative estimate of drug-likeness (QED) is 0.830. The van der Waals surface area contributed by atoms with Crippen LogP contribution in [-0.4, -0.2) is 36.6 Å². The Bertz CT molecular complexity index is 518. The van der Waals surface area contributed by atoms with Gasteiger partial charge in [-0.25, -0.2) is 4.98 Å². The molecule has 25 heavy (non-hydrogen) atoms. The fraction of sp³-hybridized carbons (Fsp3) is 0.667. The van der Waals surface area contributed by atoms with Crippen LogP contribution in [0.3, 0.4) is 0 Å². The van der Waals surface area contributed by atoms with E-state index in [9.17, 15) is 4.79 Å². The first-order valence-electron chi connectivity index (χ1n) is 9.00. The van der Waals surface area contributed by atoms with E-state index in [-0.39, 0.29) is 36.8 Å². The van der Waals surface area contributed by atoms with Gasteiger partial charge < -0.3 is 16.0 Å². The molecule has 2 heterocycles. The van der Waals surface area contributed by atoms with E-state index in [0.717, 1.165) is 38.2 Å². The summed E-state index contributed by atoms with van der Waals surface area (Å²) in [4.78, 5) is 19.2. The summed E-state index contributed by atoms with van der Waals surface area (Å²) in [5.74, 6) is 1.39. The minimum Gasteiger partial charge on any atom is -0.357 e. The minimum absolute atomic E-state index is 0. The lowest BCUT2D eigenvalue weighted by molar-refractivity contribution is 0.0928. The van der Waals surface area contributed by atoms with E-state index in [1.165, 1.54) is 25.7 Å². The fourth-order valence-corrected chi connectivity index (χ4v) is 3.77. The Labute approximate surface area is 163 Å². The molecule has 0 aromatic carbocycles. The molecule has 1 aromatic rings. The second kappa shape index (κ2) is 10.8. The molecule has 3 N–H and O–H groups in total. The Morgan fingerprint density at radius 1 is 1.12 bits per heavy atom. The Kier molecular flexibility index (Phi) is 9.54. The van der Waals surface area contributed by atoms with Crippen molar-refractivity contribution in [2.24, 2.45) is 11.7 Å². The average molecular weight is 389 g/mol.